The number of fused-ring (bicyclic) bond motifs is 2. The Hall–Kier alpha value is -1.98. The zero-order chi connectivity index (χ0) is 7.97. The quantitative estimate of drug-likeness (QED) is 0.493. The number of H-pyrrole nitrogens is 2. The van der Waals surface area contributed by atoms with Crippen molar-refractivity contribution in [3.8, 4) is 0 Å². The first-order valence-corrected chi connectivity index (χ1v) is 3.44. The van der Waals surface area contributed by atoms with Crippen LogP contribution in [0.5, 0.6) is 0 Å². The van der Waals surface area contributed by atoms with Crippen LogP contribution >= 0.6 is 0 Å². The molecule has 3 aromatic heterocycles. The van der Waals surface area contributed by atoms with Crippen LogP contribution in [-0.4, -0.2) is 30.4 Å². The minimum absolute atomic E-state index is 0.673. The molecule has 0 bridgehead atoms. The summed E-state index contributed by atoms with van der Waals surface area (Å²) in [6.45, 7) is 0. The lowest BCUT2D eigenvalue weighted by Gasteiger charge is -1.86. The van der Waals surface area contributed by atoms with Gasteiger partial charge in [-0.05, 0) is 0 Å². The van der Waals surface area contributed by atoms with Crippen LogP contribution in [0, 0.1) is 0 Å². The van der Waals surface area contributed by atoms with Crippen molar-refractivity contribution in [2.45, 2.75) is 0 Å². The van der Waals surface area contributed by atoms with Gasteiger partial charge in [0.25, 0.3) is 0 Å². The molecule has 0 unspecified atom stereocenters. The second kappa shape index (κ2) is 1.79. The van der Waals surface area contributed by atoms with Crippen LogP contribution < -0.4 is 0 Å². The second-order valence-corrected chi connectivity index (χ2v) is 2.43. The Balaban J connectivity index is 2.62. The highest BCUT2D eigenvalue weighted by molar-refractivity contribution is 5.80. The summed E-state index contributed by atoms with van der Waals surface area (Å²) < 4.78 is 0. The molecular weight excluding hydrogens is 156 g/mol. The van der Waals surface area contributed by atoms with Gasteiger partial charge in [-0.3, -0.25) is 10.2 Å². The van der Waals surface area contributed by atoms with Gasteiger partial charge in [0, 0.05) is 0 Å². The average molecular weight is 160 g/mol. The molecule has 12 heavy (non-hydrogen) atoms. The van der Waals surface area contributed by atoms with E-state index in [9.17, 15) is 0 Å². The van der Waals surface area contributed by atoms with Gasteiger partial charge < -0.3 is 0 Å². The molecule has 3 heterocycles. The van der Waals surface area contributed by atoms with E-state index in [0.717, 1.165) is 11.0 Å². The average Bonchev–Trinajstić information content (AvgIpc) is 2.64. The van der Waals surface area contributed by atoms with Crippen molar-refractivity contribution in [1.29, 1.82) is 0 Å². The van der Waals surface area contributed by atoms with E-state index in [2.05, 4.69) is 30.4 Å². The van der Waals surface area contributed by atoms with Crippen molar-refractivity contribution in [2.24, 2.45) is 0 Å². The van der Waals surface area contributed by atoms with Crippen molar-refractivity contribution >= 4 is 22.3 Å². The zero-order valence-electron chi connectivity index (χ0n) is 5.94. The molecule has 0 aromatic carbocycles. The lowest BCUT2D eigenvalue weighted by molar-refractivity contribution is 1.08. The topological polar surface area (TPSA) is 83.1 Å². The van der Waals surface area contributed by atoms with E-state index in [1.165, 1.54) is 0 Å². The number of nitrogens with one attached hydrogen (secondary N) is 2. The number of aromatic amines is 2. The van der Waals surface area contributed by atoms with Crippen LogP contribution in [0.1, 0.15) is 0 Å². The Morgan fingerprint density at radius 3 is 2.00 bits per heavy atom. The van der Waals surface area contributed by atoms with Crippen LogP contribution in [0.4, 0.5) is 0 Å². The highest BCUT2D eigenvalue weighted by atomic mass is 15.2. The highest BCUT2D eigenvalue weighted by Crippen LogP contribution is 2.09. The molecule has 0 aliphatic heterocycles. The minimum atomic E-state index is 0.673. The van der Waals surface area contributed by atoms with Gasteiger partial charge in [0.2, 0.25) is 0 Å². The Morgan fingerprint density at radius 1 is 0.833 bits per heavy atom. The Kier molecular flexibility index (Phi) is 0.840. The molecule has 0 atom stereocenters. The fourth-order valence-corrected chi connectivity index (χ4v) is 1.12. The molecule has 0 spiro atoms. The molecule has 0 aliphatic carbocycles. The number of rotatable bonds is 0. The van der Waals surface area contributed by atoms with Crippen LogP contribution in [-0.2, 0) is 0 Å². The first kappa shape index (κ1) is 5.64. The molecule has 2 N–H and O–H groups in total. The van der Waals surface area contributed by atoms with Crippen LogP contribution in [0.25, 0.3) is 22.3 Å². The number of hydrogen-bond donors (Lipinski definition) is 2. The predicted molar refractivity (Wildman–Crippen MR) is 41.3 cm³/mol. The molecule has 0 saturated heterocycles. The fraction of sp³-hybridized carbons (Fsp3) is 0. The molecule has 6 heteroatoms. The van der Waals surface area contributed by atoms with Gasteiger partial charge in [-0.2, -0.15) is 10.2 Å². The zero-order valence-corrected chi connectivity index (χ0v) is 5.94. The molecule has 6 nitrogen and oxygen atoms in total. The summed E-state index contributed by atoms with van der Waals surface area (Å²) in [6.07, 6.45) is 3.27. The van der Waals surface area contributed by atoms with Gasteiger partial charge >= 0.3 is 0 Å². The lowest BCUT2D eigenvalue weighted by Crippen LogP contribution is -1.82. The van der Waals surface area contributed by atoms with Crippen molar-refractivity contribution in [2.75, 3.05) is 0 Å². The van der Waals surface area contributed by atoms with Crippen molar-refractivity contribution in [3.05, 3.63) is 12.4 Å². The van der Waals surface area contributed by atoms with E-state index in [-0.39, 0.29) is 0 Å². The third-order valence-electron chi connectivity index (χ3n) is 1.66. The summed E-state index contributed by atoms with van der Waals surface area (Å²) in [6, 6.07) is 0. The van der Waals surface area contributed by atoms with Gasteiger partial charge in [-0.25, -0.2) is 9.97 Å². The van der Waals surface area contributed by atoms with Gasteiger partial charge in [0.1, 0.15) is 11.0 Å². The van der Waals surface area contributed by atoms with E-state index < -0.39 is 0 Å². The van der Waals surface area contributed by atoms with Gasteiger partial charge in [0.15, 0.2) is 11.3 Å². The molecule has 0 fully saturated rings. The minimum Gasteiger partial charge on any atom is -0.259 e. The van der Waals surface area contributed by atoms with Gasteiger partial charge in [-0.15, -0.1) is 0 Å². The number of nitrogens with zero attached hydrogens (tertiary/aromatic N) is 4. The maximum atomic E-state index is 4.25. The SMILES string of the molecule is c1n[nH]c2nc3[nH]ncc3nc12. The summed E-state index contributed by atoms with van der Waals surface area (Å²) in [7, 11) is 0. The van der Waals surface area contributed by atoms with Crippen molar-refractivity contribution < 1.29 is 0 Å². The van der Waals surface area contributed by atoms with E-state index in [4.69, 9.17) is 0 Å². The Labute approximate surface area is 66.0 Å². The Morgan fingerprint density at radius 2 is 1.42 bits per heavy atom. The second-order valence-electron chi connectivity index (χ2n) is 2.43. The molecule has 58 valence electrons. The van der Waals surface area contributed by atoms with Gasteiger partial charge in [-0.1, -0.05) is 0 Å². The molecule has 0 aliphatic rings. The molecule has 0 radical (unpaired) electrons. The third kappa shape index (κ3) is 0.584. The fourth-order valence-electron chi connectivity index (χ4n) is 1.12. The molecule has 3 aromatic rings. The van der Waals surface area contributed by atoms with E-state index in [0.29, 0.717) is 11.3 Å². The predicted octanol–water partition coefficient (Wildman–Crippen LogP) is 0.229. The third-order valence-corrected chi connectivity index (χ3v) is 1.66. The molecule has 0 saturated carbocycles. The highest BCUT2D eigenvalue weighted by Gasteiger charge is 2.02. The van der Waals surface area contributed by atoms with Crippen molar-refractivity contribution in [1.82, 2.24) is 30.4 Å². The van der Waals surface area contributed by atoms with Crippen LogP contribution in [0.15, 0.2) is 12.4 Å². The number of hydrogen-bond acceptors (Lipinski definition) is 4. The maximum Gasteiger partial charge on any atom is 0.176 e. The summed E-state index contributed by atoms with van der Waals surface area (Å²) in [5.41, 5.74) is 2.85. The summed E-state index contributed by atoms with van der Waals surface area (Å²) in [5, 5.41) is 13.1. The van der Waals surface area contributed by atoms with Crippen molar-refractivity contribution in [3.63, 3.8) is 0 Å². The monoisotopic (exact) mass is 160 g/mol. The summed E-state index contributed by atoms with van der Waals surface area (Å²) in [5.74, 6) is 0. The Bertz CT molecular complexity index is 444. The molecule has 3 rings (SSSR count). The summed E-state index contributed by atoms with van der Waals surface area (Å²) >= 11 is 0. The first-order chi connectivity index (χ1) is 5.93. The van der Waals surface area contributed by atoms with Crippen LogP contribution in [0.3, 0.4) is 0 Å². The standard InChI is InChI=1S/C6H4N6/c1-3-5(11-7-1)10-6-4(9-3)2-8-12-6/h1-2H,(H2,7,8,10,11,12). The van der Waals surface area contributed by atoms with Crippen LogP contribution in [0.2, 0.25) is 0 Å². The number of aromatic nitrogens is 6. The maximum absolute atomic E-state index is 4.25. The molecule has 0 amide bonds. The largest absolute Gasteiger partial charge is 0.259 e. The normalized spacial score (nSPS) is 11.3. The smallest absolute Gasteiger partial charge is 0.176 e. The first-order valence-electron chi connectivity index (χ1n) is 3.44. The summed E-state index contributed by atoms with van der Waals surface area (Å²) in [4.78, 5) is 8.45. The molecular formula is C6H4N6. The van der Waals surface area contributed by atoms with E-state index in [1.807, 2.05) is 0 Å². The van der Waals surface area contributed by atoms with Gasteiger partial charge in [0.05, 0.1) is 12.4 Å². The lowest BCUT2D eigenvalue weighted by atomic mass is 10.5. The van der Waals surface area contributed by atoms with E-state index in [1.54, 1.807) is 12.4 Å². The van der Waals surface area contributed by atoms with E-state index >= 15 is 0 Å².